The summed E-state index contributed by atoms with van der Waals surface area (Å²) >= 11 is 3.11. The van der Waals surface area contributed by atoms with Gasteiger partial charge < -0.3 is 4.74 Å². The molecular formula is C27H25BrF4N2O2. The van der Waals surface area contributed by atoms with Crippen molar-refractivity contribution in [3.63, 3.8) is 0 Å². The highest BCUT2D eigenvalue weighted by Gasteiger charge is 2.62. The van der Waals surface area contributed by atoms with E-state index in [2.05, 4.69) is 20.9 Å². The first-order chi connectivity index (χ1) is 16.8. The molecule has 9 heteroatoms. The van der Waals surface area contributed by atoms with Gasteiger partial charge in [-0.3, -0.25) is 9.89 Å². The van der Waals surface area contributed by atoms with Gasteiger partial charge in [0.05, 0.1) is 6.04 Å². The summed E-state index contributed by atoms with van der Waals surface area (Å²) < 4.78 is 66.2. The van der Waals surface area contributed by atoms with E-state index in [1.807, 2.05) is 0 Å². The van der Waals surface area contributed by atoms with Crippen molar-refractivity contribution in [1.29, 1.82) is 0 Å². The molecule has 4 nitrogen and oxygen atoms in total. The fourth-order valence-electron chi connectivity index (χ4n) is 5.07. The average molecular weight is 565 g/mol. The maximum absolute atomic E-state index is 15.2. The summed E-state index contributed by atoms with van der Waals surface area (Å²) in [5, 5.41) is 0. The lowest BCUT2D eigenvalue weighted by molar-refractivity contribution is -0.225. The molecular weight excluding hydrogens is 540 g/mol. The molecule has 1 saturated heterocycles. The van der Waals surface area contributed by atoms with Gasteiger partial charge in [-0.05, 0) is 74.1 Å². The number of nitrogens with zero attached hydrogens (tertiary/aromatic N) is 2. The summed E-state index contributed by atoms with van der Waals surface area (Å²) in [7, 11) is 0. The highest BCUT2D eigenvalue weighted by molar-refractivity contribution is 9.10. The number of hydrogen-bond donors (Lipinski definition) is 0. The molecule has 0 spiro atoms. The minimum absolute atomic E-state index is 0.0869. The average Bonchev–Trinajstić information content (AvgIpc) is 3.46. The van der Waals surface area contributed by atoms with Crippen molar-refractivity contribution in [2.75, 3.05) is 6.54 Å². The van der Waals surface area contributed by atoms with Gasteiger partial charge in [0, 0.05) is 40.5 Å². The van der Waals surface area contributed by atoms with E-state index in [4.69, 9.17) is 4.74 Å². The molecule has 0 radical (unpaired) electrons. The number of alkyl halides is 4. The summed E-state index contributed by atoms with van der Waals surface area (Å²) in [5.41, 5.74) is -0.0678. The van der Waals surface area contributed by atoms with Gasteiger partial charge in [-0.1, -0.05) is 34.1 Å². The zero-order valence-electron chi connectivity index (χ0n) is 20.0. The molecule has 0 unspecified atom stereocenters. The van der Waals surface area contributed by atoms with Crippen LogP contribution >= 0.6 is 15.9 Å². The van der Waals surface area contributed by atoms with Crippen molar-refractivity contribution in [1.82, 2.24) is 4.90 Å². The van der Waals surface area contributed by atoms with Crippen LogP contribution in [0.4, 0.5) is 22.4 Å². The Bertz CT molecular complexity index is 1310. The van der Waals surface area contributed by atoms with Crippen LogP contribution in [0.2, 0.25) is 0 Å². The molecule has 36 heavy (non-hydrogen) atoms. The summed E-state index contributed by atoms with van der Waals surface area (Å²) in [6.07, 6.45) is 3.02. The number of amides is 1. The number of hydrogen-bond acceptors (Lipinski definition) is 3. The number of likely N-dealkylation sites (tertiary alicyclic amines) is 1. The molecule has 3 aliphatic rings. The van der Waals surface area contributed by atoms with E-state index < -0.39 is 34.7 Å². The van der Waals surface area contributed by atoms with Gasteiger partial charge in [0.2, 0.25) is 0 Å². The smallest absolute Gasteiger partial charge is 0.410 e. The SMILES string of the molecule is CC(C)(C)OC(=O)N1CCC[C@H]1C1=NC=C(c2ccc3c(c2)C(F)(F)C(F)(F)c2cc(Br)ccc2-3)C1. The van der Waals surface area contributed by atoms with Crippen molar-refractivity contribution < 1.29 is 27.1 Å². The molecule has 1 aliphatic carbocycles. The molecule has 0 N–H and O–H groups in total. The Labute approximate surface area is 215 Å². The maximum Gasteiger partial charge on any atom is 0.410 e. The highest BCUT2D eigenvalue weighted by Crippen LogP contribution is 2.58. The fourth-order valence-corrected chi connectivity index (χ4v) is 5.43. The first-order valence-electron chi connectivity index (χ1n) is 11.8. The van der Waals surface area contributed by atoms with Gasteiger partial charge >= 0.3 is 17.9 Å². The van der Waals surface area contributed by atoms with Crippen molar-refractivity contribution in [3.05, 3.63) is 63.8 Å². The van der Waals surface area contributed by atoms with Crippen molar-refractivity contribution in [3.8, 4) is 11.1 Å². The number of halogens is 5. The minimum atomic E-state index is -4.38. The third-order valence-electron chi connectivity index (χ3n) is 6.76. The van der Waals surface area contributed by atoms with Crippen molar-refractivity contribution >= 4 is 33.3 Å². The van der Waals surface area contributed by atoms with Crippen LogP contribution in [0.1, 0.15) is 56.7 Å². The quantitative estimate of drug-likeness (QED) is 0.348. The van der Waals surface area contributed by atoms with E-state index >= 15 is 8.78 Å². The number of benzene rings is 2. The van der Waals surface area contributed by atoms with E-state index in [0.717, 1.165) is 30.7 Å². The zero-order valence-corrected chi connectivity index (χ0v) is 21.6. The second kappa shape index (κ2) is 8.43. The summed E-state index contributed by atoms with van der Waals surface area (Å²) in [6.45, 7) is 5.95. The zero-order chi connectivity index (χ0) is 26.0. The van der Waals surface area contributed by atoms with Crippen molar-refractivity contribution in [2.45, 2.75) is 63.5 Å². The predicted molar refractivity (Wildman–Crippen MR) is 133 cm³/mol. The van der Waals surface area contributed by atoms with Gasteiger partial charge in [-0.2, -0.15) is 17.6 Å². The molecule has 190 valence electrons. The number of fused-ring (bicyclic) bond motifs is 3. The molecule has 2 aromatic rings. The Balaban J connectivity index is 1.42. The van der Waals surface area contributed by atoms with Crippen LogP contribution in [0.5, 0.6) is 0 Å². The number of carbonyl (C=O) groups is 1. The van der Waals surface area contributed by atoms with E-state index in [1.165, 1.54) is 12.1 Å². The van der Waals surface area contributed by atoms with Crippen LogP contribution in [-0.4, -0.2) is 34.9 Å². The monoisotopic (exact) mass is 564 g/mol. The van der Waals surface area contributed by atoms with E-state index in [-0.39, 0.29) is 17.2 Å². The third-order valence-corrected chi connectivity index (χ3v) is 7.25. The van der Waals surface area contributed by atoms with Crippen LogP contribution in [-0.2, 0) is 16.6 Å². The molecule has 0 aromatic heterocycles. The van der Waals surface area contributed by atoms with Gasteiger partial charge in [0.25, 0.3) is 0 Å². The van der Waals surface area contributed by atoms with Gasteiger partial charge in [0.15, 0.2) is 0 Å². The lowest BCUT2D eigenvalue weighted by atomic mass is 9.79. The Kier molecular flexibility index (Phi) is 5.85. The molecule has 2 heterocycles. The molecule has 0 saturated carbocycles. The van der Waals surface area contributed by atoms with E-state index in [1.54, 1.807) is 44.0 Å². The number of aliphatic imine (C=N–C) groups is 1. The predicted octanol–water partition coefficient (Wildman–Crippen LogP) is 7.90. The lowest BCUT2D eigenvalue weighted by Gasteiger charge is -2.35. The number of ether oxygens (including phenoxy) is 1. The molecule has 1 fully saturated rings. The highest BCUT2D eigenvalue weighted by atomic mass is 79.9. The molecule has 1 amide bonds. The van der Waals surface area contributed by atoms with E-state index in [0.29, 0.717) is 28.6 Å². The minimum Gasteiger partial charge on any atom is -0.444 e. The molecule has 2 aliphatic heterocycles. The Morgan fingerprint density at radius 1 is 1.06 bits per heavy atom. The largest absolute Gasteiger partial charge is 0.444 e. The number of rotatable bonds is 2. The Morgan fingerprint density at radius 2 is 1.69 bits per heavy atom. The van der Waals surface area contributed by atoms with Crippen LogP contribution in [0.3, 0.4) is 0 Å². The topological polar surface area (TPSA) is 41.9 Å². The Hall–Kier alpha value is -2.68. The maximum atomic E-state index is 15.2. The van der Waals surface area contributed by atoms with Crippen LogP contribution < -0.4 is 0 Å². The molecule has 2 aromatic carbocycles. The molecule has 0 bridgehead atoms. The van der Waals surface area contributed by atoms with Gasteiger partial charge in [-0.25, -0.2) is 4.79 Å². The molecule has 1 atom stereocenters. The Morgan fingerprint density at radius 3 is 2.36 bits per heavy atom. The number of allylic oxidation sites excluding steroid dienone is 1. The second-order valence-electron chi connectivity index (χ2n) is 10.4. The van der Waals surface area contributed by atoms with Gasteiger partial charge in [0.1, 0.15) is 5.60 Å². The summed E-state index contributed by atoms with van der Waals surface area (Å²) in [6, 6.07) is 8.09. The normalized spacial score (nSPS) is 22.0. The van der Waals surface area contributed by atoms with E-state index in [9.17, 15) is 13.6 Å². The fraction of sp³-hybridized carbons (Fsp3) is 0.407. The molecule has 5 rings (SSSR count). The first-order valence-corrected chi connectivity index (χ1v) is 12.5. The summed E-state index contributed by atoms with van der Waals surface area (Å²) in [5.74, 6) is -8.74. The number of carbonyl (C=O) groups excluding carboxylic acids is 1. The third kappa shape index (κ3) is 4.05. The summed E-state index contributed by atoms with van der Waals surface area (Å²) in [4.78, 5) is 18.8. The van der Waals surface area contributed by atoms with Gasteiger partial charge in [-0.15, -0.1) is 0 Å². The van der Waals surface area contributed by atoms with Crippen LogP contribution in [0.15, 0.2) is 52.1 Å². The standard InChI is InChI=1S/C27H25BrF4N2O2/c1-25(2,3)36-24(35)34-10-4-5-23(34)22-12-16(14-33-22)15-6-8-18-19-9-7-17(28)13-21(19)27(31,32)26(29,30)20(18)11-15/h6-9,11,13-14,23H,4-5,10,12H2,1-3H3/t23-/m0/s1. The van der Waals surface area contributed by atoms with Crippen LogP contribution in [0, 0.1) is 0 Å². The van der Waals surface area contributed by atoms with Crippen LogP contribution in [0.25, 0.3) is 16.7 Å². The van der Waals surface area contributed by atoms with Crippen molar-refractivity contribution in [2.24, 2.45) is 4.99 Å². The second-order valence-corrected chi connectivity index (χ2v) is 11.3. The first kappa shape index (κ1) is 25.0. The lowest BCUT2D eigenvalue weighted by Crippen LogP contribution is -2.43.